The van der Waals surface area contributed by atoms with Crippen LogP contribution in [-0.4, -0.2) is 170 Å². The lowest BCUT2D eigenvalue weighted by atomic mass is 9.70. The minimum Gasteiger partial charge on any atom is -0.382 e. The lowest BCUT2D eigenvalue weighted by Crippen LogP contribution is -2.32. The van der Waals surface area contributed by atoms with Gasteiger partial charge in [-0.15, -0.1) is 0 Å². The molecule has 0 radical (unpaired) electrons. The third-order valence-electron chi connectivity index (χ3n) is 11.3. The number of carbonyl (C=O) groups excluding carboxylic acids is 2. The molecule has 2 aliphatic rings. The Hall–Kier alpha value is -3.19. The molecule has 0 saturated heterocycles. The summed E-state index contributed by atoms with van der Waals surface area (Å²) < 4.78 is 60.0. The summed E-state index contributed by atoms with van der Waals surface area (Å²) in [4.78, 5) is 30.4. The van der Waals surface area contributed by atoms with Crippen molar-refractivity contribution in [3.8, 4) is 11.1 Å². The Balaban J connectivity index is 0.933. The summed E-state index contributed by atoms with van der Waals surface area (Å²) in [6.07, 6.45) is 2.00. The van der Waals surface area contributed by atoms with Gasteiger partial charge in [0.2, 0.25) is 5.91 Å². The Kier molecular flexibility index (Phi) is 25.0. The van der Waals surface area contributed by atoms with Gasteiger partial charge in [0.15, 0.2) is 0 Å². The minimum absolute atomic E-state index is 0.0376. The first kappa shape index (κ1) is 52.4. The molecular formula is C48H74N2O13. The van der Waals surface area contributed by atoms with Gasteiger partial charge >= 0.3 is 0 Å². The van der Waals surface area contributed by atoms with Crippen LogP contribution in [0.4, 0.5) is 5.69 Å². The van der Waals surface area contributed by atoms with E-state index in [-0.39, 0.29) is 17.1 Å². The number of Topliss-reactive ketones (excluding diaryl/α,β-unsaturated/α-hetero) is 1. The highest BCUT2D eigenvalue weighted by Crippen LogP contribution is 2.57. The Bertz CT molecular complexity index is 1650. The molecule has 354 valence electrons. The largest absolute Gasteiger partial charge is 0.382 e. The van der Waals surface area contributed by atoms with E-state index in [1.807, 2.05) is 0 Å². The van der Waals surface area contributed by atoms with Gasteiger partial charge in [-0.05, 0) is 66.6 Å². The third-order valence-corrected chi connectivity index (χ3v) is 11.3. The second-order valence-electron chi connectivity index (χ2n) is 16.0. The normalized spacial score (nSPS) is 15.9. The topological polar surface area (TPSA) is 160 Å². The van der Waals surface area contributed by atoms with E-state index >= 15 is 0 Å². The van der Waals surface area contributed by atoms with Gasteiger partial charge in [0, 0.05) is 43.0 Å². The summed E-state index contributed by atoms with van der Waals surface area (Å²) in [6, 6.07) is 13.0. The van der Waals surface area contributed by atoms with Crippen LogP contribution in [0.15, 0.2) is 41.4 Å². The molecule has 2 aromatic carbocycles. The number of ether oxygens (including phenoxy) is 11. The van der Waals surface area contributed by atoms with Crippen LogP contribution in [0.1, 0.15) is 70.1 Å². The first-order valence-corrected chi connectivity index (χ1v) is 22.6. The zero-order chi connectivity index (χ0) is 45.0. The summed E-state index contributed by atoms with van der Waals surface area (Å²) in [5.41, 5.74) is 7.42. The highest BCUT2D eigenvalue weighted by atomic mass is 16.6. The molecule has 15 heteroatoms. The number of carbonyl (C=O) groups is 2. The van der Waals surface area contributed by atoms with E-state index in [1.54, 1.807) is 14.0 Å². The highest BCUT2D eigenvalue weighted by molar-refractivity contribution is 6.01. The number of ketones is 1. The van der Waals surface area contributed by atoms with Crippen LogP contribution >= 0.6 is 0 Å². The number of amides is 1. The number of benzene rings is 2. The first-order chi connectivity index (χ1) is 30.7. The molecule has 0 spiro atoms. The lowest BCUT2D eigenvalue weighted by Gasteiger charge is -2.32. The molecule has 1 N–H and O–H groups in total. The van der Waals surface area contributed by atoms with Gasteiger partial charge < -0.3 is 62.2 Å². The van der Waals surface area contributed by atoms with Crippen molar-refractivity contribution >= 4 is 23.1 Å². The molecule has 0 fully saturated rings. The Morgan fingerprint density at radius 3 is 1.43 bits per heavy atom. The Morgan fingerprint density at radius 1 is 0.540 bits per heavy atom. The third kappa shape index (κ3) is 18.0. The van der Waals surface area contributed by atoms with Crippen molar-refractivity contribution in [1.82, 2.24) is 5.32 Å². The van der Waals surface area contributed by atoms with Gasteiger partial charge in [0.05, 0.1) is 144 Å². The first-order valence-electron chi connectivity index (χ1n) is 22.6. The summed E-state index contributed by atoms with van der Waals surface area (Å²) in [5.74, 6) is 0.105. The molecule has 63 heavy (non-hydrogen) atoms. The fourth-order valence-corrected chi connectivity index (χ4v) is 7.55. The van der Waals surface area contributed by atoms with E-state index in [0.29, 0.717) is 171 Å². The monoisotopic (exact) mass is 887 g/mol. The molecule has 1 unspecified atom stereocenters. The molecule has 1 amide bonds. The predicted molar refractivity (Wildman–Crippen MR) is 241 cm³/mol. The standard InChI is InChI=1S/C48H74N2O13/c1-38(51)10-12-48(42-9-7-6-8-40(42)41-36-44-45(37-43(41)48)50-39(2)47(44,3)4)13-11-46(52)49-14-15-54-18-19-56-22-23-58-26-27-60-30-31-62-34-35-63-33-32-61-29-28-59-25-24-57-21-20-55-17-16-53-5/h6-9,36-37H,10-35H2,1-5H3,(H,49,52). The van der Waals surface area contributed by atoms with Crippen molar-refractivity contribution in [2.75, 3.05) is 152 Å². The van der Waals surface area contributed by atoms with Crippen molar-refractivity contribution in [1.29, 1.82) is 0 Å². The minimum atomic E-state index is -0.454. The number of rotatable bonds is 39. The van der Waals surface area contributed by atoms with Crippen molar-refractivity contribution in [3.63, 3.8) is 0 Å². The number of hydrogen-bond acceptors (Lipinski definition) is 14. The molecular weight excluding hydrogens is 813 g/mol. The van der Waals surface area contributed by atoms with Crippen LogP contribution in [0.2, 0.25) is 0 Å². The number of nitrogens with zero attached hydrogens (tertiary/aromatic N) is 1. The van der Waals surface area contributed by atoms with E-state index in [4.69, 9.17) is 57.1 Å². The molecule has 4 rings (SSSR count). The molecule has 15 nitrogen and oxygen atoms in total. The number of nitrogens with one attached hydrogen (secondary N) is 1. The zero-order valence-corrected chi connectivity index (χ0v) is 38.6. The van der Waals surface area contributed by atoms with Crippen molar-refractivity contribution in [2.24, 2.45) is 4.99 Å². The van der Waals surface area contributed by atoms with Gasteiger partial charge in [0.1, 0.15) is 5.78 Å². The fourth-order valence-electron chi connectivity index (χ4n) is 7.55. The fraction of sp³-hybridized carbons (Fsp3) is 0.688. The molecule has 1 atom stereocenters. The smallest absolute Gasteiger partial charge is 0.220 e. The van der Waals surface area contributed by atoms with E-state index in [0.717, 1.165) is 11.4 Å². The van der Waals surface area contributed by atoms with Crippen LogP contribution in [0.3, 0.4) is 0 Å². The quantitative estimate of drug-likeness (QED) is 0.0850. The molecule has 0 saturated carbocycles. The van der Waals surface area contributed by atoms with Gasteiger partial charge in [-0.1, -0.05) is 38.1 Å². The molecule has 0 bridgehead atoms. The second kappa shape index (κ2) is 30.1. The van der Waals surface area contributed by atoms with E-state index in [9.17, 15) is 9.59 Å². The van der Waals surface area contributed by atoms with E-state index in [2.05, 4.69) is 62.5 Å². The van der Waals surface area contributed by atoms with Gasteiger partial charge in [-0.3, -0.25) is 9.79 Å². The summed E-state index contributed by atoms with van der Waals surface area (Å²) >= 11 is 0. The molecule has 2 aromatic rings. The average Bonchev–Trinajstić information content (AvgIpc) is 3.67. The molecule has 1 aliphatic heterocycles. The average molecular weight is 887 g/mol. The maximum atomic E-state index is 13.2. The maximum absolute atomic E-state index is 13.2. The number of aliphatic imine (C=N–C) groups is 1. The van der Waals surface area contributed by atoms with Gasteiger partial charge in [-0.2, -0.15) is 0 Å². The second-order valence-corrected chi connectivity index (χ2v) is 16.0. The van der Waals surface area contributed by atoms with Crippen LogP contribution in [0, 0.1) is 0 Å². The van der Waals surface area contributed by atoms with E-state index in [1.165, 1.54) is 27.8 Å². The Labute approximate surface area is 375 Å². The molecule has 1 aliphatic carbocycles. The van der Waals surface area contributed by atoms with Crippen LogP contribution in [0.25, 0.3) is 11.1 Å². The Morgan fingerprint density at radius 2 is 0.968 bits per heavy atom. The summed E-state index contributed by atoms with van der Waals surface area (Å²) in [5, 5.41) is 3.02. The van der Waals surface area contributed by atoms with Crippen molar-refractivity contribution in [2.45, 2.75) is 64.2 Å². The number of fused-ring (bicyclic) bond motifs is 4. The van der Waals surface area contributed by atoms with Crippen LogP contribution in [-0.2, 0) is 72.5 Å². The van der Waals surface area contributed by atoms with Crippen LogP contribution < -0.4 is 5.32 Å². The lowest BCUT2D eigenvalue weighted by molar-refractivity contribution is -0.121. The number of hydrogen-bond donors (Lipinski definition) is 1. The van der Waals surface area contributed by atoms with Crippen molar-refractivity contribution < 1.29 is 61.7 Å². The molecule has 1 heterocycles. The highest BCUT2D eigenvalue weighted by Gasteiger charge is 2.45. The van der Waals surface area contributed by atoms with Crippen LogP contribution in [0.5, 0.6) is 0 Å². The van der Waals surface area contributed by atoms with Crippen molar-refractivity contribution in [3.05, 3.63) is 53.1 Å². The maximum Gasteiger partial charge on any atom is 0.220 e. The molecule has 0 aromatic heterocycles. The summed E-state index contributed by atoms with van der Waals surface area (Å²) in [6.45, 7) is 18.9. The van der Waals surface area contributed by atoms with Gasteiger partial charge in [0.25, 0.3) is 0 Å². The number of methoxy groups -OCH3 is 1. The summed E-state index contributed by atoms with van der Waals surface area (Å²) in [7, 11) is 1.64. The van der Waals surface area contributed by atoms with Gasteiger partial charge in [-0.25, -0.2) is 0 Å². The predicted octanol–water partition coefficient (Wildman–Crippen LogP) is 5.41. The zero-order valence-electron chi connectivity index (χ0n) is 38.6. The van der Waals surface area contributed by atoms with E-state index < -0.39 is 5.41 Å². The SMILES string of the molecule is COCCOCCOCCOCCOCCOCCOCCOCCOCCOCCOCCNC(=O)CCC1(CCC(C)=O)c2ccccc2-c2cc3c(cc21)N=C(C)C3(C)C.